The zero-order chi connectivity index (χ0) is 49.9. The number of phosphoric acid groups is 1. The summed E-state index contributed by atoms with van der Waals surface area (Å²) in [6.45, 7) is 4.11. The molecule has 0 radical (unpaired) electrons. The molecule has 0 aliphatic carbocycles. The molecule has 9 nitrogen and oxygen atoms in total. The summed E-state index contributed by atoms with van der Waals surface area (Å²) in [4.78, 5) is 37.8. The first-order valence-corrected chi connectivity index (χ1v) is 29.5. The molecule has 2 atom stereocenters. The number of carbonyl (C=O) groups is 2. The van der Waals surface area contributed by atoms with Crippen LogP contribution >= 0.6 is 7.82 Å². The van der Waals surface area contributed by atoms with Crippen molar-refractivity contribution in [2.24, 2.45) is 0 Å². The molecule has 68 heavy (non-hydrogen) atoms. The third-order valence-corrected chi connectivity index (χ3v) is 13.0. The van der Waals surface area contributed by atoms with Crippen molar-refractivity contribution in [3.8, 4) is 0 Å². The number of ether oxygens (including phenoxy) is 2. The lowest BCUT2D eigenvalue weighted by molar-refractivity contribution is -0.870. The van der Waals surface area contributed by atoms with Gasteiger partial charge in [0.15, 0.2) is 6.10 Å². The summed E-state index contributed by atoms with van der Waals surface area (Å²) in [6.07, 6.45) is 62.7. The Morgan fingerprint density at radius 3 is 1.25 bits per heavy atom. The molecule has 2 unspecified atom stereocenters. The predicted octanol–water partition coefficient (Wildman–Crippen LogP) is 16.5. The molecule has 0 amide bonds. The lowest BCUT2D eigenvalue weighted by atomic mass is 10.0. The Balaban J connectivity index is 4.19. The number of hydrogen-bond acceptors (Lipinski definition) is 8. The van der Waals surface area contributed by atoms with Crippen molar-refractivity contribution < 1.29 is 42.1 Å². The summed E-state index contributed by atoms with van der Waals surface area (Å²) < 4.78 is 34.1. The van der Waals surface area contributed by atoms with Gasteiger partial charge in [-0.1, -0.05) is 235 Å². The van der Waals surface area contributed by atoms with E-state index in [4.69, 9.17) is 18.5 Å². The first kappa shape index (κ1) is 65.7. The van der Waals surface area contributed by atoms with Gasteiger partial charge in [0.05, 0.1) is 27.7 Å². The van der Waals surface area contributed by atoms with Gasteiger partial charge in [-0.2, -0.15) is 0 Å². The lowest BCUT2D eigenvalue weighted by Crippen LogP contribution is -2.37. The van der Waals surface area contributed by atoms with Crippen LogP contribution in [0.2, 0.25) is 0 Å². The second kappa shape index (κ2) is 49.7. The van der Waals surface area contributed by atoms with Crippen LogP contribution in [-0.4, -0.2) is 70.0 Å². The van der Waals surface area contributed by atoms with Crippen LogP contribution in [0.4, 0.5) is 0 Å². The molecule has 0 saturated heterocycles. The van der Waals surface area contributed by atoms with Gasteiger partial charge in [-0.15, -0.1) is 0 Å². The van der Waals surface area contributed by atoms with E-state index in [0.29, 0.717) is 17.4 Å². The van der Waals surface area contributed by atoms with Crippen molar-refractivity contribution in [3.63, 3.8) is 0 Å². The molecular formula is C58H106NO8P. The van der Waals surface area contributed by atoms with Gasteiger partial charge < -0.3 is 27.9 Å². The van der Waals surface area contributed by atoms with E-state index in [1.807, 2.05) is 21.1 Å². The number of carbonyl (C=O) groups excluding carboxylic acids is 2. The maximum Gasteiger partial charge on any atom is 0.306 e. The number of hydrogen-bond donors (Lipinski definition) is 0. The van der Waals surface area contributed by atoms with Gasteiger partial charge >= 0.3 is 11.9 Å². The molecule has 0 aliphatic rings. The first-order valence-electron chi connectivity index (χ1n) is 28.0. The average molecular weight is 976 g/mol. The highest BCUT2D eigenvalue weighted by Gasteiger charge is 2.21. The van der Waals surface area contributed by atoms with Crippen molar-refractivity contribution in [2.45, 2.75) is 251 Å². The molecule has 396 valence electrons. The molecule has 0 spiro atoms. The number of quaternary nitrogens is 1. The topological polar surface area (TPSA) is 111 Å². The van der Waals surface area contributed by atoms with E-state index in [1.54, 1.807) is 0 Å². The van der Waals surface area contributed by atoms with E-state index in [-0.39, 0.29) is 32.0 Å². The smallest absolute Gasteiger partial charge is 0.306 e. The zero-order valence-corrected chi connectivity index (χ0v) is 45.7. The molecule has 0 heterocycles. The normalized spacial score (nSPS) is 13.8. The summed E-state index contributed by atoms with van der Waals surface area (Å²) in [5.41, 5.74) is 0. The number of esters is 2. The van der Waals surface area contributed by atoms with Crippen LogP contribution in [0.1, 0.15) is 245 Å². The Morgan fingerprint density at radius 1 is 0.471 bits per heavy atom. The van der Waals surface area contributed by atoms with Crippen molar-refractivity contribution in [1.82, 2.24) is 0 Å². The predicted molar refractivity (Wildman–Crippen MR) is 287 cm³/mol. The fourth-order valence-corrected chi connectivity index (χ4v) is 8.47. The van der Waals surface area contributed by atoms with Crippen molar-refractivity contribution >= 4 is 19.8 Å². The Morgan fingerprint density at radius 2 is 0.838 bits per heavy atom. The molecule has 10 heteroatoms. The van der Waals surface area contributed by atoms with Crippen LogP contribution in [0.15, 0.2) is 60.8 Å². The van der Waals surface area contributed by atoms with E-state index in [1.165, 1.54) is 141 Å². The van der Waals surface area contributed by atoms with Gasteiger partial charge in [-0.05, 0) is 57.8 Å². The van der Waals surface area contributed by atoms with Crippen LogP contribution in [0.3, 0.4) is 0 Å². The minimum atomic E-state index is -4.64. The lowest BCUT2D eigenvalue weighted by Gasteiger charge is -2.28. The fourth-order valence-electron chi connectivity index (χ4n) is 7.74. The first-order chi connectivity index (χ1) is 33.0. The molecule has 0 aromatic heterocycles. The summed E-state index contributed by atoms with van der Waals surface area (Å²) >= 11 is 0. The molecule has 0 bridgehead atoms. The van der Waals surface area contributed by atoms with Crippen LogP contribution in [0.5, 0.6) is 0 Å². The van der Waals surface area contributed by atoms with Gasteiger partial charge in [-0.25, -0.2) is 0 Å². The fraction of sp³-hybridized carbons (Fsp3) is 0.793. The third-order valence-electron chi connectivity index (χ3n) is 12.1. The number of phosphoric ester groups is 1. The SMILES string of the molecule is CC/C=C\C/C=C\C/C=C\C/C=C\C/C=C\CCCCCC(=O)OC(COC(=O)CCCCCCCCCCCCCCCCCCCCCCCCCCC)COP(=O)([O-])OCC[N+](C)(C)C. The number of nitrogens with zero attached hydrogens (tertiary/aromatic N) is 1. The highest BCUT2D eigenvalue weighted by Crippen LogP contribution is 2.38. The second-order valence-electron chi connectivity index (χ2n) is 19.9. The second-order valence-corrected chi connectivity index (χ2v) is 21.3. The van der Waals surface area contributed by atoms with E-state index >= 15 is 0 Å². The number of likely N-dealkylation sites (N-methyl/N-ethyl adjacent to an activating group) is 1. The summed E-state index contributed by atoms with van der Waals surface area (Å²) in [7, 11) is 1.14. The monoisotopic (exact) mass is 976 g/mol. The largest absolute Gasteiger partial charge is 0.756 e. The summed E-state index contributed by atoms with van der Waals surface area (Å²) in [5.74, 6) is -0.865. The van der Waals surface area contributed by atoms with Gasteiger partial charge in [-0.3, -0.25) is 14.2 Å². The average Bonchev–Trinajstić information content (AvgIpc) is 3.30. The number of allylic oxidation sites excluding steroid dienone is 10. The Labute approximate surface area is 419 Å². The quantitative estimate of drug-likeness (QED) is 0.0195. The molecule has 0 fully saturated rings. The Bertz CT molecular complexity index is 1340. The van der Waals surface area contributed by atoms with Crippen LogP contribution in [-0.2, 0) is 32.7 Å². The summed E-state index contributed by atoms with van der Waals surface area (Å²) in [6, 6.07) is 0. The summed E-state index contributed by atoms with van der Waals surface area (Å²) in [5, 5.41) is 0. The van der Waals surface area contributed by atoms with E-state index in [2.05, 4.69) is 74.6 Å². The molecule has 0 rings (SSSR count). The van der Waals surface area contributed by atoms with E-state index < -0.39 is 26.5 Å². The van der Waals surface area contributed by atoms with Gasteiger partial charge in [0.2, 0.25) is 0 Å². The van der Waals surface area contributed by atoms with Crippen LogP contribution in [0.25, 0.3) is 0 Å². The standard InChI is InChI=1S/C58H106NO8P/c1-6-8-10-12-14-16-18-20-22-24-26-27-28-29-30-31-33-34-36-38-40-42-44-46-48-50-57(60)64-54-56(55-66-68(62,63)65-53-52-59(3,4)5)67-58(61)51-49-47-45-43-41-39-37-35-32-25-23-21-19-17-15-13-11-9-7-2/h9,11,15,17,21,23,32,35,39,41,56H,6-8,10,12-14,16,18-20,22,24-31,33-34,36-38,40,42-55H2,1-5H3/b11-9-,17-15-,23-21-,35-32-,41-39-. The van der Waals surface area contributed by atoms with Crippen molar-refractivity contribution in [2.75, 3.05) is 47.5 Å². The Hall–Kier alpha value is -2.29. The van der Waals surface area contributed by atoms with Crippen molar-refractivity contribution in [3.05, 3.63) is 60.8 Å². The number of rotatable bonds is 51. The van der Waals surface area contributed by atoms with Gasteiger partial charge in [0.25, 0.3) is 7.82 Å². The van der Waals surface area contributed by atoms with Crippen LogP contribution < -0.4 is 4.89 Å². The highest BCUT2D eigenvalue weighted by atomic mass is 31.2. The van der Waals surface area contributed by atoms with Gasteiger partial charge in [0.1, 0.15) is 19.8 Å². The Kier molecular flexibility index (Phi) is 48.0. The number of unbranched alkanes of at least 4 members (excludes halogenated alkanes) is 27. The third kappa shape index (κ3) is 53.1. The minimum absolute atomic E-state index is 0.0387. The van der Waals surface area contributed by atoms with E-state index in [0.717, 1.165) is 70.6 Å². The molecule has 0 aliphatic heterocycles. The molecule has 0 aromatic carbocycles. The van der Waals surface area contributed by atoms with Crippen LogP contribution in [0, 0.1) is 0 Å². The van der Waals surface area contributed by atoms with E-state index in [9.17, 15) is 19.0 Å². The minimum Gasteiger partial charge on any atom is -0.756 e. The molecule has 0 saturated carbocycles. The molecule has 0 N–H and O–H groups in total. The molecule has 0 aromatic rings. The zero-order valence-electron chi connectivity index (χ0n) is 44.8. The molecular weight excluding hydrogens is 870 g/mol. The maximum absolute atomic E-state index is 12.8. The van der Waals surface area contributed by atoms with Gasteiger partial charge in [0, 0.05) is 12.8 Å². The van der Waals surface area contributed by atoms with Crippen molar-refractivity contribution in [1.29, 1.82) is 0 Å². The maximum atomic E-state index is 12.8. The highest BCUT2D eigenvalue weighted by molar-refractivity contribution is 7.45.